The number of rotatable bonds is 6. The molecule has 2 aromatic rings. The number of aromatic amines is 1. The molecule has 0 radical (unpaired) electrons. The van der Waals surface area contributed by atoms with Gasteiger partial charge >= 0.3 is 0 Å². The molecule has 2 N–H and O–H groups in total. The van der Waals surface area contributed by atoms with Crippen LogP contribution < -0.4 is 4.72 Å². The zero-order chi connectivity index (χ0) is 13.0. The van der Waals surface area contributed by atoms with Crippen LogP contribution in [0.1, 0.15) is 30.7 Å². The highest BCUT2D eigenvalue weighted by Crippen LogP contribution is 2.24. The van der Waals surface area contributed by atoms with Crippen molar-refractivity contribution in [2.45, 2.75) is 30.8 Å². The summed E-state index contributed by atoms with van der Waals surface area (Å²) in [6, 6.07) is 5.14. The maximum absolute atomic E-state index is 12.1. The first-order valence-corrected chi connectivity index (χ1v) is 8.05. The number of aromatic nitrogens is 2. The van der Waals surface area contributed by atoms with Gasteiger partial charge in [0.05, 0.1) is 12.2 Å². The van der Waals surface area contributed by atoms with E-state index in [1.165, 1.54) is 12.3 Å². The molecule has 0 amide bonds. The SMILES string of the molecule is CCCC(NS(=O)(=O)c1ccn[nH]1)c1cccs1. The van der Waals surface area contributed by atoms with Gasteiger partial charge in [0.25, 0.3) is 10.0 Å². The van der Waals surface area contributed by atoms with Crippen LogP contribution in [-0.2, 0) is 10.0 Å². The Morgan fingerprint density at radius 1 is 1.50 bits per heavy atom. The first-order valence-electron chi connectivity index (χ1n) is 5.68. The molecule has 1 atom stereocenters. The second-order valence-corrected chi connectivity index (χ2v) is 6.56. The van der Waals surface area contributed by atoms with E-state index in [0.29, 0.717) is 0 Å². The molecule has 0 saturated heterocycles. The summed E-state index contributed by atoms with van der Waals surface area (Å²) in [5.41, 5.74) is 0. The van der Waals surface area contributed by atoms with Gasteiger partial charge in [-0.25, -0.2) is 13.1 Å². The molecule has 18 heavy (non-hydrogen) atoms. The van der Waals surface area contributed by atoms with Gasteiger partial charge in [0.1, 0.15) is 0 Å². The molecule has 0 fully saturated rings. The van der Waals surface area contributed by atoms with Crippen molar-refractivity contribution in [1.82, 2.24) is 14.9 Å². The number of thiophene rings is 1. The smallest absolute Gasteiger partial charge is 0.258 e. The molecule has 0 saturated carbocycles. The molecule has 5 nitrogen and oxygen atoms in total. The Balaban J connectivity index is 2.20. The summed E-state index contributed by atoms with van der Waals surface area (Å²) in [4.78, 5) is 1.03. The minimum absolute atomic E-state index is 0.0974. The molecule has 0 aromatic carbocycles. The van der Waals surface area contributed by atoms with Crippen LogP contribution in [0.15, 0.2) is 34.8 Å². The van der Waals surface area contributed by atoms with Gasteiger partial charge in [-0.2, -0.15) is 5.10 Å². The van der Waals surface area contributed by atoms with Crippen LogP contribution >= 0.6 is 11.3 Å². The normalized spacial score (nSPS) is 13.6. The Labute approximate surface area is 110 Å². The molecule has 0 aliphatic heterocycles. The van der Waals surface area contributed by atoms with Crippen LogP contribution in [0, 0.1) is 0 Å². The minimum Gasteiger partial charge on any atom is -0.266 e. The van der Waals surface area contributed by atoms with Crippen LogP contribution in [-0.4, -0.2) is 18.6 Å². The molecule has 1 unspecified atom stereocenters. The fourth-order valence-corrected chi connectivity index (χ4v) is 3.73. The molecular formula is C11H15N3O2S2. The van der Waals surface area contributed by atoms with E-state index in [4.69, 9.17) is 0 Å². The number of nitrogens with zero attached hydrogens (tertiary/aromatic N) is 1. The van der Waals surface area contributed by atoms with E-state index in [9.17, 15) is 8.42 Å². The first-order chi connectivity index (χ1) is 8.63. The molecule has 0 bridgehead atoms. The Hall–Kier alpha value is -1.18. The lowest BCUT2D eigenvalue weighted by molar-refractivity contribution is 0.537. The average Bonchev–Trinajstić information content (AvgIpc) is 3.02. The van der Waals surface area contributed by atoms with Gasteiger partial charge in [-0.15, -0.1) is 11.3 Å². The molecule has 2 heterocycles. The number of hydrogen-bond donors (Lipinski definition) is 2. The first kappa shape index (κ1) is 13.3. The van der Waals surface area contributed by atoms with E-state index in [2.05, 4.69) is 14.9 Å². The fraction of sp³-hybridized carbons (Fsp3) is 0.364. The summed E-state index contributed by atoms with van der Waals surface area (Å²) in [7, 11) is -3.53. The van der Waals surface area contributed by atoms with Crippen molar-refractivity contribution < 1.29 is 8.42 Å². The summed E-state index contributed by atoms with van der Waals surface area (Å²) < 4.78 is 26.9. The van der Waals surface area contributed by atoms with E-state index in [1.807, 2.05) is 24.4 Å². The zero-order valence-corrected chi connectivity index (χ0v) is 11.6. The highest BCUT2D eigenvalue weighted by Gasteiger charge is 2.22. The third-order valence-corrected chi connectivity index (χ3v) is 4.91. The van der Waals surface area contributed by atoms with Crippen LogP contribution in [0.2, 0.25) is 0 Å². The van der Waals surface area contributed by atoms with Crippen molar-refractivity contribution in [3.05, 3.63) is 34.7 Å². The largest absolute Gasteiger partial charge is 0.266 e. The molecule has 0 aliphatic rings. The summed E-state index contributed by atoms with van der Waals surface area (Å²) >= 11 is 1.56. The molecule has 2 aromatic heterocycles. The van der Waals surface area contributed by atoms with Crippen molar-refractivity contribution in [3.63, 3.8) is 0 Å². The summed E-state index contributed by atoms with van der Waals surface area (Å²) in [6.07, 6.45) is 3.11. The van der Waals surface area contributed by atoms with Gasteiger partial charge in [0, 0.05) is 4.88 Å². The lowest BCUT2D eigenvalue weighted by Crippen LogP contribution is -2.28. The zero-order valence-electron chi connectivity index (χ0n) is 9.96. The van der Waals surface area contributed by atoms with Crippen molar-refractivity contribution in [2.75, 3.05) is 0 Å². The number of H-pyrrole nitrogens is 1. The molecule has 98 valence electrons. The predicted molar refractivity (Wildman–Crippen MR) is 70.9 cm³/mol. The van der Waals surface area contributed by atoms with Crippen LogP contribution in [0.3, 0.4) is 0 Å². The van der Waals surface area contributed by atoms with E-state index in [-0.39, 0.29) is 11.1 Å². The van der Waals surface area contributed by atoms with Gasteiger partial charge in [0.2, 0.25) is 0 Å². The number of nitrogens with one attached hydrogen (secondary N) is 2. The highest BCUT2D eigenvalue weighted by molar-refractivity contribution is 7.89. The lowest BCUT2D eigenvalue weighted by Gasteiger charge is -2.15. The van der Waals surface area contributed by atoms with Crippen LogP contribution in [0.5, 0.6) is 0 Å². The Bertz CT molecular complexity index is 561. The lowest BCUT2D eigenvalue weighted by atomic mass is 10.1. The maximum atomic E-state index is 12.1. The minimum atomic E-state index is -3.53. The van der Waals surface area contributed by atoms with Gasteiger partial charge < -0.3 is 0 Å². The fourth-order valence-electron chi connectivity index (χ4n) is 1.68. The standard InChI is InChI=1S/C11H15N3O2S2/c1-2-4-9(10-5-3-8-17-10)14-18(15,16)11-6-7-12-13-11/h3,5-9,14H,2,4H2,1H3,(H,12,13). The predicted octanol–water partition coefficient (Wildman–Crippen LogP) is 2.29. The summed E-state index contributed by atoms with van der Waals surface area (Å²) in [5, 5.41) is 8.18. The third-order valence-electron chi connectivity index (χ3n) is 2.53. The van der Waals surface area contributed by atoms with Crippen molar-refractivity contribution in [3.8, 4) is 0 Å². The number of hydrogen-bond acceptors (Lipinski definition) is 4. The summed E-state index contributed by atoms with van der Waals surface area (Å²) in [5.74, 6) is 0. The molecule has 0 aliphatic carbocycles. The van der Waals surface area contributed by atoms with Gasteiger partial charge in [0.15, 0.2) is 5.03 Å². The maximum Gasteiger partial charge on any atom is 0.258 e. The summed E-state index contributed by atoms with van der Waals surface area (Å²) in [6.45, 7) is 2.03. The highest BCUT2D eigenvalue weighted by atomic mass is 32.2. The van der Waals surface area contributed by atoms with Crippen molar-refractivity contribution in [1.29, 1.82) is 0 Å². The third kappa shape index (κ3) is 2.98. The molecular weight excluding hydrogens is 270 g/mol. The molecule has 0 spiro atoms. The average molecular weight is 285 g/mol. The van der Waals surface area contributed by atoms with E-state index in [1.54, 1.807) is 11.3 Å². The monoisotopic (exact) mass is 285 g/mol. The van der Waals surface area contributed by atoms with Gasteiger partial charge in [-0.3, -0.25) is 5.10 Å². The number of sulfonamides is 1. The Morgan fingerprint density at radius 2 is 2.33 bits per heavy atom. The molecule has 2 rings (SSSR count). The quantitative estimate of drug-likeness (QED) is 0.855. The van der Waals surface area contributed by atoms with Crippen molar-refractivity contribution in [2.24, 2.45) is 0 Å². The van der Waals surface area contributed by atoms with Crippen LogP contribution in [0.4, 0.5) is 0 Å². The van der Waals surface area contributed by atoms with Gasteiger partial charge in [-0.05, 0) is 23.9 Å². The topological polar surface area (TPSA) is 74.8 Å². The van der Waals surface area contributed by atoms with E-state index < -0.39 is 10.0 Å². The van der Waals surface area contributed by atoms with E-state index >= 15 is 0 Å². The van der Waals surface area contributed by atoms with E-state index in [0.717, 1.165) is 17.7 Å². The Morgan fingerprint density at radius 3 is 2.89 bits per heavy atom. The van der Waals surface area contributed by atoms with Crippen LogP contribution in [0.25, 0.3) is 0 Å². The Kier molecular flexibility index (Phi) is 4.15. The second kappa shape index (κ2) is 5.64. The molecule has 7 heteroatoms. The second-order valence-electron chi connectivity index (χ2n) is 3.90. The van der Waals surface area contributed by atoms with Crippen molar-refractivity contribution >= 4 is 21.4 Å². The van der Waals surface area contributed by atoms with Gasteiger partial charge in [-0.1, -0.05) is 19.4 Å².